The Hall–Kier alpha value is -10.6. The first-order valence-corrected chi connectivity index (χ1v) is 21.1. The van der Waals surface area contributed by atoms with Gasteiger partial charge in [0.15, 0.2) is 5.60 Å². The van der Waals surface area contributed by atoms with Crippen LogP contribution in [0.2, 0.25) is 0 Å². The largest absolute Gasteiger partial charge is 0.481 e. The molecule has 448 valence electrons. The van der Waals surface area contributed by atoms with Crippen LogP contribution in [0, 0.1) is 0 Å². The average Bonchev–Trinajstić information content (AvgIpc) is 3.25. The van der Waals surface area contributed by atoms with Crippen LogP contribution in [0.3, 0.4) is 0 Å². The van der Waals surface area contributed by atoms with Crippen molar-refractivity contribution in [1.82, 2.24) is 0 Å². The maximum absolute atomic E-state index is 13.5. The molecule has 0 amide bonds. The van der Waals surface area contributed by atoms with E-state index in [-0.39, 0.29) is 0 Å². The maximum Gasteiger partial charge on any atom is 0.349 e. The van der Waals surface area contributed by atoms with E-state index in [1.165, 1.54) is 0 Å². The number of rotatable bonds is 39. The van der Waals surface area contributed by atoms with E-state index in [4.69, 9.17) is 15.3 Å². The molecule has 0 aliphatic heterocycles. The number of aliphatic hydroxyl groups is 1. The Labute approximate surface area is 443 Å². The highest BCUT2D eigenvalue weighted by Gasteiger charge is 2.54. The van der Waals surface area contributed by atoms with Gasteiger partial charge in [0.05, 0.1) is 77.0 Å². The summed E-state index contributed by atoms with van der Waals surface area (Å²) in [6, 6.07) is 0. The highest BCUT2D eigenvalue weighted by Crippen LogP contribution is 2.30. The zero-order chi connectivity index (χ0) is 63.3. The smallest absolute Gasteiger partial charge is 0.349 e. The van der Waals surface area contributed by atoms with Crippen LogP contribution in [-0.4, -0.2) is 238 Å². The van der Waals surface area contributed by atoms with Crippen LogP contribution in [0.4, 0.5) is 0 Å². The van der Waals surface area contributed by atoms with E-state index in [1.807, 2.05) is 0 Å². The van der Waals surface area contributed by atoms with E-state index in [9.17, 15) is 152 Å². The number of carboxylic acids is 13. The topological polar surface area (TPSA) is 689 Å². The summed E-state index contributed by atoms with van der Waals surface area (Å²) in [5.41, 5.74) is -15.4. The molecule has 0 bridgehead atoms. The van der Waals surface area contributed by atoms with Crippen molar-refractivity contribution in [1.29, 1.82) is 0 Å². The van der Waals surface area contributed by atoms with Gasteiger partial charge in [-0.25, -0.2) is 38.4 Å². The highest BCUT2D eigenvalue weighted by atomic mass is 16.6. The van der Waals surface area contributed by atoms with Gasteiger partial charge < -0.3 is 105 Å². The van der Waals surface area contributed by atoms with E-state index in [1.54, 1.807) is 0 Å². The van der Waals surface area contributed by atoms with Gasteiger partial charge in [0.25, 0.3) is 0 Å². The van der Waals surface area contributed by atoms with Crippen LogP contribution in [0.5, 0.6) is 0 Å². The molecule has 0 aromatic rings. The molecule has 8 unspecified atom stereocenters. The molecule has 0 heterocycles. The minimum atomic E-state index is -4.05. The Kier molecular flexibility index (Phi) is 25.9. The fourth-order valence-corrected chi connectivity index (χ4v) is 6.03. The molecular formula is C40H42O41. The third-order valence-electron chi connectivity index (χ3n) is 9.53. The maximum atomic E-state index is 13.5. The second kappa shape index (κ2) is 29.8. The van der Waals surface area contributed by atoms with Gasteiger partial charge in [-0.3, -0.25) is 57.5 Å². The zero-order valence-corrected chi connectivity index (χ0v) is 40.1. The Bertz CT molecular complexity index is 2610. The summed E-state index contributed by atoms with van der Waals surface area (Å²) < 4.78 is 31.4. The molecule has 41 nitrogen and oxygen atoms in total. The summed E-state index contributed by atoms with van der Waals surface area (Å²) in [5, 5.41) is 133. The number of hydrogen-bond donors (Lipinski definition) is 14. The van der Waals surface area contributed by atoms with Gasteiger partial charge in [-0.1, -0.05) is 0 Å². The summed E-state index contributed by atoms with van der Waals surface area (Å²) >= 11 is 0. The van der Waals surface area contributed by atoms with Crippen LogP contribution in [0.25, 0.3) is 0 Å². The van der Waals surface area contributed by atoms with E-state index < -0.39 is 243 Å². The van der Waals surface area contributed by atoms with Gasteiger partial charge >= 0.3 is 119 Å². The summed E-state index contributed by atoms with van der Waals surface area (Å²) in [6.45, 7) is 0. The molecule has 0 radical (unpaired) electrons. The van der Waals surface area contributed by atoms with Crippen molar-refractivity contribution < 1.29 is 201 Å². The standard InChI is InChI=1S/C40H42O41/c41-17(42)1-13(29(61)62)75-26(58)10-38(34(68)69,6-22(51)52)80-31(64)15(3-19(45)46)77-28(60)12-40(36(72)73,8-24(55)56)81-32(65)16(4-20(47)48)78-27(59)11-39(35(70)71,7-23(53)54)79-30(63)14(2-18(43)44)76-25(57)9-37(74,33(66)67)5-21(49)50/h13-16,74H,1-12H2,(H,41,42)(H,43,44)(H,45,46)(H,47,48)(H,49,50)(H,51,52)(H,53,54)(H,55,56)(H,61,62)(H,66,67)(H,68,69)(H,70,71)(H,72,73). The first-order valence-electron chi connectivity index (χ1n) is 21.1. The van der Waals surface area contributed by atoms with E-state index in [0.717, 1.165) is 0 Å². The fourth-order valence-electron chi connectivity index (χ4n) is 6.03. The molecule has 8 atom stereocenters. The fraction of sp³-hybridized carbons (Fsp3) is 0.500. The van der Waals surface area contributed by atoms with E-state index in [0.29, 0.717) is 0 Å². The number of hydrogen-bond acceptors (Lipinski definition) is 28. The predicted octanol–water partition coefficient (Wildman–Crippen LogP) is -6.01. The second-order valence-electron chi connectivity index (χ2n) is 16.1. The van der Waals surface area contributed by atoms with Crippen molar-refractivity contribution in [2.75, 3.05) is 0 Å². The summed E-state index contributed by atoms with van der Waals surface area (Å²) in [5.74, 6) is -47.0. The number of carbonyl (C=O) groups excluding carboxylic acids is 7. The molecule has 0 aliphatic carbocycles. The highest BCUT2D eigenvalue weighted by molar-refractivity contribution is 5.97. The molecule has 0 aliphatic rings. The molecule has 0 spiro atoms. The quantitative estimate of drug-likeness (QED) is 0.0201. The summed E-state index contributed by atoms with van der Waals surface area (Å²) in [7, 11) is 0. The molecule has 14 N–H and O–H groups in total. The van der Waals surface area contributed by atoms with Gasteiger partial charge in [0.1, 0.15) is 0 Å². The van der Waals surface area contributed by atoms with Crippen molar-refractivity contribution >= 4 is 119 Å². The van der Waals surface area contributed by atoms with E-state index in [2.05, 4.69) is 33.2 Å². The van der Waals surface area contributed by atoms with E-state index >= 15 is 0 Å². The molecule has 0 aromatic carbocycles. The van der Waals surface area contributed by atoms with Gasteiger partial charge in [0.2, 0.25) is 41.2 Å². The first-order chi connectivity index (χ1) is 37.0. The van der Waals surface area contributed by atoms with Crippen LogP contribution in [0.15, 0.2) is 0 Å². The summed E-state index contributed by atoms with van der Waals surface area (Å²) in [4.78, 5) is 244. The van der Waals surface area contributed by atoms with Crippen LogP contribution in [0.1, 0.15) is 77.0 Å². The normalized spacial score (nSPS) is 15.2. The van der Waals surface area contributed by atoms with Crippen molar-refractivity contribution in [2.24, 2.45) is 0 Å². The zero-order valence-electron chi connectivity index (χ0n) is 40.1. The Morgan fingerprint density at radius 3 is 0.691 bits per heavy atom. The lowest BCUT2D eigenvalue weighted by Gasteiger charge is -2.31. The molecule has 41 heteroatoms. The molecule has 0 aromatic heterocycles. The third-order valence-corrected chi connectivity index (χ3v) is 9.53. The van der Waals surface area contributed by atoms with Gasteiger partial charge in [-0.15, -0.1) is 0 Å². The number of ether oxygens (including phenoxy) is 7. The number of esters is 7. The van der Waals surface area contributed by atoms with Crippen molar-refractivity contribution in [2.45, 2.75) is 124 Å². The Morgan fingerprint density at radius 1 is 0.272 bits per heavy atom. The Balaban J connectivity index is 7.27. The SMILES string of the molecule is O=C(O)CC(OC(=O)CC(CC(=O)O)(OC(=O)C(CC(=O)O)OC(=O)CC(CC(=O)O)(OC(=O)C(CC(=O)O)OC(=O)CC(CC(=O)O)(OC(=O)C(CC(=O)O)OC(=O)CC(O)(CC(=O)O)C(=O)O)C(=O)O)C(=O)O)C(=O)O)C(=O)O. The predicted molar refractivity (Wildman–Crippen MR) is 226 cm³/mol. The van der Waals surface area contributed by atoms with Crippen molar-refractivity contribution in [3.8, 4) is 0 Å². The van der Waals surface area contributed by atoms with Crippen LogP contribution in [-0.2, 0) is 129 Å². The van der Waals surface area contributed by atoms with Crippen molar-refractivity contribution in [3.05, 3.63) is 0 Å². The number of aliphatic carboxylic acids is 13. The molecule has 0 fully saturated rings. The average molecular weight is 1180 g/mol. The third kappa shape index (κ3) is 23.2. The minimum absolute atomic E-state index is 1.50. The molecule has 0 rings (SSSR count). The first kappa shape index (κ1) is 70.4. The van der Waals surface area contributed by atoms with Gasteiger partial charge in [-0.2, -0.15) is 0 Å². The molecular weight excluding hydrogens is 1140 g/mol. The molecule has 0 saturated carbocycles. The second-order valence-corrected chi connectivity index (χ2v) is 16.1. The number of carbonyl (C=O) groups is 20. The van der Waals surface area contributed by atoms with Crippen molar-refractivity contribution in [3.63, 3.8) is 0 Å². The van der Waals surface area contributed by atoms with Gasteiger partial charge in [-0.05, 0) is 0 Å². The lowest BCUT2D eigenvalue weighted by molar-refractivity contribution is -0.203. The Morgan fingerprint density at radius 2 is 0.494 bits per heavy atom. The molecule has 81 heavy (non-hydrogen) atoms. The van der Waals surface area contributed by atoms with Crippen LogP contribution < -0.4 is 0 Å². The monoisotopic (exact) mass is 1180 g/mol. The molecule has 0 saturated heterocycles. The number of carboxylic acid groups (broad SMARTS) is 13. The lowest BCUT2D eigenvalue weighted by Crippen LogP contribution is -2.52. The summed E-state index contributed by atoms with van der Waals surface area (Å²) in [6.07, 6.45) is -35.8. The van der Waals surface area contributed by atoms with Gasteiger partial charge in [0, 0.05) is 0 Å². The minimum Gasteiger partial charge on any atom is -0.481 e. The van der Waals surface area contributed by atoms with Crippen LogP contribution >= 0.6 is 0 Å². The lowest BCUT2D eigenvalue weighted by atomic mass is 9.94.